The molecule has 0 atom stereocenters. The van der Waals surface area contributed by atoms with Crippen LogP contribution in [0, 0.1) is 0 Å². The first-order chi connectivity index (χ1) is 3.13. The number of ketones is 1. The van der Waals surface area contributed by atoms with Gasteiger partial charge >= 0.3 is 0 Å². The van der Waals surface area contributed by atoms with E-state index >= 15 is 0 Å². The first-order valence-electron chi connectivity index (χ1n) is 2.01. The molecule has 0 heterocycles. The van der Waals surface area contributed by atoms with Crippen molar-refractivity contribution in [2.45, 2.75) is 13.8 Å². The number of hydrogen-bond donors (Lipinski definition) is 1. The molecule has 2 nitrogen and oxygen atoms in total. The van der Waals surface area contributed by atoms with Crippen LogP contribution in [0.2, 0.25) is 0 Å². The number of aliphatic hydroxyl groups is 1. The standard InChI is InChI=1S/C5H8O2.FH/c1-4(6)3-5(2)7;/h3,6H,1-2H3;1H/b4-3-;. The fourth-order valence-corrected chi connectivity index (χ4v) is 0.294. The van der Waals surface area contributed by atoms with E-state index in [0.29, 0.717) is 0 Å². The molecule has 0 radical (unpaired) electrons. The molecule has 0 rings (SSSR count). The average molecular weight is 120 g/mol. The van der Waals surface area contributed by atoms with E-state index in [-0.39, 0.29) is 16.2 Å². The Morgan fingerprint density at radius 1 is 1.50 bits per heavy atom. The van der Waals surface area contributed by atoms with Crippen LogP contribution in [0.25, 0.3) is 0 Å². The van der Waals surface area contributed by atoms with Crippen molar-refractivity contribution in [2.24, 2.45) is 0 Å². The Morgan fingerprint density at radius 3 is 1.88 bits per heavy atom. The van der Waals surface area contributed by atoms with Gasteiger partial charge in [0, 0.05) is 6.08 Å². The third-order valence-corrected chi connectivity index (χ3v) is 0.412. The van der Waals surface area contributed by atoms with Crippen LogP contribution in [0.15, 0.2) is 11.8 Å². The minimum absolute atomic E-state index is 0. The summed E-state index contributed by atoms with van der Waals surface area (Å²) >= 11 is 0. The molecule has 1 N–H and O–H groups in total. The van der Waals surface area contributed by atoms with Crippen LogP contribution < -0.4 is 0 Å². The molecule has 0 aliphatic rings. The lowest BCUT2D eigenvalue weighted by atomic mass is 10.4. The highest BCUT2D eigenvalue weighted by Gasteiger charge is 1.82. The van der Waals surface area contributed by atoms with Gasteiger partial charge in [0.1, 0.15) is 0 Å². The van der Waals surface area contributed by atoms with Gasteiger partial charge in [0.05, 0.1) is 5.76 Å². The number of hydrogen-bond acceptors (Lipinski definition) is 2. The highest BCUT2D eigenvalue weighted by atomic mass is 19.0. The van der Waals surface area contributed by atoms with E-state index in [2.05, 4.69) is 0 Å². The van der Waals surface area contributed by atoms with E-state index < -0.39 is 0 Å². The quantitative estimate of drug-likeness (QED) is 0.417. The molecule has 0 fully saturated rings. The third kappa shape index (κ3) is 8.94. The van der Waals surface area contributed by atoms with Gasteiger partial charge in [-0.3, -0.25) is 9.50 Å². The molecule has 0 saturated heterocycles. The summed E-state index contributed by atoms with van der Waals surface area (Å²) in [6, 6.07) is 0. The maximum Gasteiger partial charge on any atom is 0.155 e. The van der Waals surface area contributed by atoms with E-state index in [1.54, 1.807) is 0 Å². The normalized spacial score (nSPS) is 10.0. The molecule has 0 aromatic heterocycles. The summed E-state index contributed by atoms with van der Waals surface area (Å²) in [5, 5.41) is 8.36. The second-order valence-electron chi connectivity index (χ2n) is 1.40. The predicted octanol–water partition coefficient (Wildman–Crippen LogP) is 1.19. The van der Waals surface area contributed by atoms with Crippen LogP contribution in [0.4, 0.5) is 4.70 Å². The number of aliphatic hydroxyl groups excluding tert-OH is 1. The summed E-state index contributed by atoms with van der Waals surface area (Å²) in [5.41, 5.74) is 0. The number of carbonyl (C=O) groups excluding carboxylic acids is 1. The van der Waals surface area contributed by atoms with Crippen molar-refractivity contribution in [3.63, 3.8) is 0 Å². The maximum atomic E-state index is 10.0. The van der Waals surface area contributed by atoms with Crippen LogP contribution >= 0.6 is 0 Å². The van der Waals surface area contributed by atoms with Crippen molar-refractivity contribution in [1.29, 1.82) is 0 Å². The second kappa shape index (κ2) is 4.30. The number of rotatable bonds is 1. The van der Waals surface area contributed by atoms with Gasteiger partial charge in [0.25, 0.3) is 0 Å². The van der Waals surface area contributed by atoms with Gasteiger partial charge in [0.15, 0.2) is 5.78 Å². The van der Waals surface area contributed by atoms with Gasteiger partial charge in [-0.05, 0) is 13.8 Å². The molecular weight excluding hydrogens is 111 g/mol. The number of allylic oxidation sites excluding steroid dienone is 2. The van der Waals surface area contributed by atoms with Crippen molar-refractivity contribution < 1.29 is 14.6 Å². The molecule has 48 valence electrons. The first-order valence-corrected chi connectivity index (χ1v) is 2.01. The van der Waals surface area contributed by atoms with E-state index in [1.807, 2.05) is 0 Å². The van der Waals surface area contributed by atoms with Gasteiger partial charge < -0.3 is 5.11 Å². The zero-order valence-electron chi connectivity index (χ0n) is 4.84. The largest absolute Gasteiger partial charge is 0.512 e. The lowest BCUT2D eigenvalue weighted by molar-refractivity contribution is -0.112. The summed E-state index contributed by atoms with van der Waals surface area (Å²) in [7, 11) is 0. The SMILES string of the molecule is CC(=O)/C=C(/C)O.F. The van der Waals surface area contributed by atoms with Gasteiger partial charge in [-0.15, -0.1) is 0 Å². The van der Waals surface area contributed by atoms with Crippen LogP contribution in [-0.4, -0.2) is 10.9 Å². The van der Waals surface area contributed by atoms with Gasteiger partial charge in [-0.2, -0.15) is 0 Å². The fourth-order valence-electron chi connectivity index (χ4n) is 0.294. The van der Waals surface area contributed by atoms with Crippen LogP contribution in [-0.2, 0) is 4.79 Å². The molecule has 0 aliphatic heterocycles. The summed E-state index contributed by atoms with van der Waals surface area (Å²) in [6.45, 7) is 2.85. The zero-order chi connectivity index (χ0) is 5.86. The van der Waals surface area contributed by atoms with Crippen LogP contribution in [0.5, 0.6) is 0 Å². The monoisotopic (exact) mass is 120 g/mol. The third-order valence-electron chi connectivity index (χ3n) is 0.412. The Morgan fingerprint density at radius 2 is 1.88 bits per heavy atom. The van der Waals surface area contributed by atoms with E-state index in [0.717, 1.165) is 0 Å². The van der Waals surface area contributed by atoms with E-state index in [1.165, 1.54) is 19.9 Å². The maximum absolute atomic E-state index is 10.0. The molecule has 0 spiro atoms. The minimum atomic E-state index is -0.125. The fraction of sp³-hybridized carbons (Fsp3) is 0.400. The first kappa shape index (κ1) is 10.2. The summed E-state index contributed by atoms with van der Waals surface area (Å²) in [4.78, 5) is 10.0. The Kier molecular flexibility index (Phi) is 5.48. The molecule has 0 aromatic rings. The highest BCUT2D eigenvalue weighted by molar-refractivity contribution is 5.87. The molecule has 0 amide bonds. The molecule has 0 bridgehead atoms. The van der Waals surface area contributed by atoms with E-state index in [9.17, 15) is 4.79 Å². The molecule has 0 aromatic carbocycles. The van der Waals surface area contributed by atoms with Gasteiger partial charge in [-0.25, -0.2) is 0 Å². The molecule has 3 heteroatoms. The predicted molar refractivity (Wildman–Crippen MR) is 29.6 cm³/mol. The van der Waals surface area contributed by atoms with E-state index in [4.69, 9.17) is 5.11 Å². The average Bonchev–Trinajstić information content (AvgIpc) is 1.27. The minimum Gasteiger partial charge on any atom is -0.512 e. The van der Waals surface area contributed by atoms with Crippen LogP contribution in [0.1, 0.15) is 13.8 Å². The van der Waals surface area contributed by atoms with Gasteiger partial charge in [-0.1, -0.05) is 0 Å². The Balaban J connectivity index is 0. The topological polar surface area (TPSA) is 37.3 Å². The van der Waals surface area contributed by atoms with Crippen molar-refractivity contribution in [3.8, 4) is 0 Å². The molecule has 0 saturated carbocycles. The number of carbonyl (C=O) groups is 1. The Bertz CT molecular complexity index is 103. The zero-order valence-corrected chi connectivity index (χ0v) is 4.84. The summed E-state index contributed by atoms with van der Waals surface area (Å²) in [5.74, 6) is -0.0625. The van der Waals surface area contributed by atoms with Crippen molar-refractivity contribution in [3.05, 3.63) is 11.8 Å². The highest BCUT2D eigenvalue weighted by Crippen LogP contribution is 1.82. The molecule has 0 aliphatic carbocycles. The summed E-state index contributed by atoms with van der Waals surface area (Å²) in [6.07, 6.45) is 1.17. The van der Waals surface area contributed by atoms with Gasteiger partial charge in [0.2, 0.25) is 0 Å². The second-order valence-corrected chi connectivity index (χ2v) is 1.40. The smallest absolute Gasteiger partial charge is 0.155 e. The molecule has 0 unspecified atom stereocenters. The van der Waals surface area contributed by atoms with Crippen LogP contribution in [0.3, 0.4) is 0 Å². The molecular formula is C5H9FO2. The lowest BCUT2D eigenvalue weighted by Gasteiger charge is -1.80. The lowest BCUT2D eigenvalue weighted by Crippen LogP contribution is -1.82. The van der Waals surface area contributed by atoms with Crippen molar-refractivity contribution in [2.75, 3.05) is 0 Å². The number of halogens is 1. The van der Waals surface area contributed by atoms with Crippen molar-refractivity contribution in [1.82, 2.24) is 0 Å². The Labute approximate surface area is 47.2 Å². The summed E-state index contributed by atoms with van der Waals surface area (Å²) < 4.78 is 0. The van der Waals surface area contributed by atoms with Crippen molar-refractivity contribution >= 4 is 5.78 Å². The Hall–Kier alpha value is -0.860. The molecule has 8 heavy (non-hydrogen) atoms.